The van der Waals surface area contributed by atoms with Crippen LogP contribution in [0.3, 0.4) is 0 Å². The molecule has 0 saturated carbocycles. The van der Waals surface area contributed by atoms with E-state index < -0.39 is 35.9 Å². The summed E-state index contributed by atoms with van der Waals surface area (Å²) < 4.78 is 4.34. The first-order chi connectivity index (χ1) is 10.2. The number of carbonyl (C=O) groups excluding carboxylic acids is 1. The van der Waals surface area contributed by atoms with Gasteiger partial charge in [-0.2, -0.15) is 0 Å². The number of hydrogen-bond donors (Lipinski definition) is 5. The number of phenolic OH excluding ortho intramolecular Hbond substituents is 2. The van der Waals surface area contributed by atoms with Crippen LogP contribution in [0.5, 0.6) is 11.5 Å². The van der Waals surface area contributed by atoms with Crippen LogP contribution in [0.25, 0.3) is 6.08 Å². The molecule has 0 aromatic heterocycles. The smallest absolute Gasteiger partial charge is 0.348 e. The maximum Gasteiger partial charge on any atom is 0.348 e. The van der Waals surface area contributed by atoms with Crippen LogP contribution < -0.4 is 0 Å². The van der Waals surface area contributed by atoms with Crippen LogP contribution in [0.4, 0.5) is 0 Å². The molecule has 0 spiro atoms. The fourth-order valence-corrected chi connectivity index (χ4v) is 1.35. The molecule has 0 radical (unpaired) electrons. The highest BCUT2D eigenvalue weighted by Crippen LogP contribution is 2.25. The average molecular weight is 312 g/mol. The van der Waals surface area contributed by atoms with Crippen molar-refractivity contribution in [3.8, 4) is 11.5 Å². The van der Waals surface area contributed by atoms with Gasteiger partial charge >= 0.3 is 17.9 Å². The molecule has 1 rings (SSSR count). The van der Waals surface area contributed by atoms with Crippen molar-refractivity contribution < 1.29 is 44.7 Å². The van der Waals surface area contributed by atoms with E-state index in [-0.39, 0.29) is 11.3 Å². The number of esters is 1. The number of phenols is 2. The van der Waals surface area contributed by atoms with Gasteiger partial charge in [0.1, 0.15) is 0 Å². The topological polar surface area (TPSA) is 162 Å². The Kier molecular flexibility index (Phi) is 5.47. The molecule has 0 bridgehead atoms. The molecule has 0 fully saturated rings. The molecule has 9 nitrogen and oxygen atoms in total. The monoisotopic (exact) mass is 312 g/mol. The van der Waals surface area contributed by atoms with Gasteiger partial charge in [-0.1, -0.05) is 6.07 Å². The van der Waals surface area contributed by atoms with E-state index in [1.165, 1.54) is 6.07 Å². The van der Waals surface area contributed by atoms with Gasteiger partial charge in [-0.25, -0.2) is 14.4 Å². The Morgan fingerprint density at radius 3 is 2.18 bits per heavy atom. The molecule has 2 atom stereocenters. The molecule has 5 N–H and O–H groups in total. The molecule has 1 aromatic carbocycles. The Balaban J connectivity index is 2.78. The van der Waals surface area contributed by atoms with Gasteiger partial charge in [-0.05, 0) is 23.8 Å². The quantitative estimate of drug-likeness (QED) is 0.266. The van der Waals surface area contributed by atoms with Gasteiger partial charge in [0.2, 0.25) is 6.10 Å². The number of aromatic hydroxyl groups is 2. The van der Waals surface area contributed by atoms with Crippen LogP contribution in [-0.2, 0) is 19.1 Å². The second-order valence-electron chi connectivity index (χ2n) is 4.06. The lowest BCUT2D eigenvalue weighted by molar-refractivity contribution is -0.176. The zero-order valence-electron chi connectivity index (χ0n) is 10.9. The highest BCUT2D eigenvalue weighted by molar-refractivity contribution is 5.91. The van der Waals surface area contributed by atoms with Crippen molar-refractivity contribution in [2.24, 2.45) is 0 Å². The molecule has 22 heavy (non-hydrogen) atoms. The van der Waals surface area contributed by atoms with Gasteiger partial charge in [0.15, 0.2) is 17.6 Å². The van der Waals surface area contributed by atoms with E-state index in [9.17, 15) is 19.5 Å². The number of carboxylic acids is 2. The fourth-order valence-electron chi connectivity index (χ4n) is 1.35. The summed E-state index contributed by atoms with van der Waals surface area (Å²) in [5.41, 5.74) is 0.290. The lowest BCUT2D eigenvalue weighted by Crippen LogP contribution is -2.42. The van der Waals surface area contributed by atoms with Gasteiger partial charge in [-0.15, -0.1) is 0 Å². The minimum Gasteiger partial charge on any atom is -0.504 e. The van der Waals surface area contributed by atoms with Crippen molar-refractivity contribution in [2.45, 2.75) is 12.2 Å². The molecule has 0 heterocycles. The minimum absolute atomic E-state index is 0.290. The summed E-state index contributed by atoms with van der Waals surface area (Å²) in [5, 5.41) is 44.7. The van der Waals surface area contributed by atoms with Gasteiger partial charge < -0.3 is 30.3 Å². The standard InChI is InChI=1S/C13H12O9/c14-7-3-1-6(5-8(7)15)2-4-9(16)22-11(13(20)21)10(17)12(18)19/h1-5,10-11,14-15,17H,(H,18,19)(H,20,21)/b4-2-. The third kappa shape index (κ3) is 4.49. The lowest BCUT2D eigenvalue weighted by Gasteiger charge is -2.15. The minimum atomic E-state index is -2.41. The molecule has 2 unspecified atom stereocenters. The molecule has 0 aliphatic heterocycles. The van der Waals surface area contributed by atoms with Crippen LogP contribution >= 0.6 is 0 Å². The number of aliphatic hydroxyl groups excluding tert-OH is 1. The number of carboxylic acid groups (broad SMARTS) is 2. The SMILES string of the molecule is O=C(/C=C\c1ccc(O)c(O)c1)OC(C(=O)O)C(O)C(=O)O. The van der Waals surface area contributed by atoms with Gasteiger partial charge in [0, 0.05) is 6.08 Å². The fraction of sp³-hybridized carbons (Fsp3) is 0.154. The number of ether oxygens (including phenoxy) is 1. The molecule has 0 aliphatic rings. The predicted molar refractivity (Wildman–Crippen MR) is 70.0 cm³/mol. The van der Waals surface area contributed by atoms with E-state index in [0.717, 1.165) is 24.3 Å². The zero-order chi connectivity index (χ0) is 16.9. The predicted octanol–water partition coefficient (Wildman–Crippen LogP) is -0.447. The maximum absolute atomic E-state index is 11.4. The van der Waals surface area contributed by atoms with Crippen LogP contribution in [-0.4, -0.2) is 55.6 Å². The number of hydrogen-bond acceptors (Lipinski definition) is 7. The van der Waals surface area contributed by atoms with Crippen molar-refractivity contribution in [1.29, 1.82) is 0 Å². The van der Waals surface area contributed by atoms with Crippen molar-refractivity contribution in [3.63, 3.8) is 0 Å². The van der Waals surface area contributed by atoms with Gasteiger partial charge in [-0.3, -0.25) is 0 Å². The van der Waals surface area contributed by atoms with E-state index >= 15 is 0 Å². The Morgan fingerprint density at radius 2 is 1.68 bits per heavy atom. The zero-order valence-corrected chi connectivity index (χ0v) is 10.9. The molecule has 0 aliphatic carbocycles. The van der Waals surface area contributed by atoms with E-state index in [0.29, 0.717) is 0 Å². The largest absolute Gasteiger partial charge is 0.504 e. The number of rotatable bonds is 6. The normalized spacial score (nSPS) is 13.5. The summed E-state index contributed by atoms with van der Waals surface area (Å²) in [6, 6.07) is 3.63. The van der Waals surface area contributed by atoms with Crippen molar-refractivity contribution in [2.75, 3.05) is 0 Å². The number of carbonyl (C=O) groups is 3. The van der Waals surface area contributed by atoms with Crippen molar-refractivity contribution >= 4 is 24.0 Å². The summed E-state index contributed by atoms with van der Waals surface area (Å²) in [7, 11) is 0. The third-order valence-corrected chi connectivity index (χ3v) is 2.44. The first-order valence-corrected chi connectivity index (χ1v) is 5.76. The molecule has 118 valence electrons. The van der Waals surface area contributed by atoms with Gasteiger partial charge in [0.25, 0.3) is 0 Å². The summed E-state index contributed by atoms with van der Waals surface area (Å²) in [4.78, 5) is 32.7. The Bertz CT molecular complexity index is 620. The van der Waals surface area contributed by atoms with E-state index in [1.54, 1.807) is 0 Å². The number of aliphatic carboxylic acids is 2. The molecule has 0 amide bonds. The molecular formula is C13H12O9. The second-order valence-corrected chi connectivity index (χ2v) is 4.06. The number of benzene rings is 1. The van der Waals surface area contributed by atoms with Crippen molar-refractivity contribution in [1.82, 2.24) is 0 Å². The first-order valence-electron chi connectivity index (χ1n) is 5.76. The highest BCUT2D eigenvalue weighted by Gasteiger charge is 2.35. The summed E-state index contributed by atoms with van der Waals surface area (Å²) in [5.74, 6) is -5.68. The van der Waals surface area contributed by atoms with Crippen LogP contribution in [0.1, 0.15) is 5.56 Å². The van der Waals surface area contributed by atoms with E-state index in [4.69, 9.17) is 20.4 Å². The Morgan fingerprint density at radius 1 is 1.05 bits per heavy atom. The van der Waals surface area contributed by atoms with Gasteiger partial charge in [0.05, 0.1) is 0 Å². The van der Waals surface area contributed by atoms with Crippen LogP contribution in [0.15, 0.2) is 24.3 Å². The van der Waals surface area contributed by atoms with Crippen LogP contribution in [0.2, 0.25) is 0 Å². The van der Waals surface area contributed by atoms with E-state index in [2.05, 4.69) is 4.74 Å². The average Bonchev–Trinajstić information content (AvgIpc) is 2.44. The van der Waals surface area contributed by atoms with Crippen molar-refractivity contribution in [3.05, 3.63) is 29.8 Å². The summed E-state index contributed by atoms with van der Waals surface area (Å²) in [6.45, 7) is 0. The lowest BCUT2D eigenvalue weighted by atomic mass is 10.2. The molecule has 9 heteroatoms. The second kappa shape index (κ2) is 7.09. The number of aliphatic hydroxyl groups is 1. The molecule has 1 aromatic rings. The highest BCUT2D eigenvalue weighted by atomic mass is 16.6. The Hall–Kier alpha value is -3.07. The summed E-state index contributed by atoms with van der Waals surface area (Å²) >= 11 is 0. The first kappa shape index (κ1) is 17.0. The molecule has 0 saturated heterocycles. The van der Waals surface area contributed by atoms with Crippen LogP contribution in [0, 0.1) is 0 Å². The summed E-state index contributed by atoms with van der Waals surface area (Å²) in [6.07, 6.45) is -2.76. The molecular weight excluding hydrogens is 300 g/mol. The third-order valence-electron chi connectivity index (χ3n) is 2.44. The van der Waals surface area contributed by atoms with E-state index in [1.807, 2.05) is 0 Å². The Labute approximate surface area is 123 Å². The maximum atomic E-state index is 11.4.